The molecule has 6 heteroatoms. The first kappa shape index (κ1) is 22.2. The third kappa shape index (κ3) is 6.49. The summed E-state index contributed by atoms with van der Waals surface area (Å²) in [5.41, 5.74) is 0.832. The fourth-order valence-corrected chi connectivity index (χ4v) is 4.45. The molecule has 1 aromatic rings. The van der Waals surface area contributed by atoms with E-state index in [0.29, 0.717) is 31.7 Å². The Morgan fingerprint density at radius 3 is 2.62 bits per heavy atom. The molecular formula is C23H36FN3O2. The van der Waals surface area contributed by atoms with Crippen molar-refractivity contribution < 1.29 is 13.9 Å². The zero-order valence-corrected chi connectivity index (χ0v) is 18.1. The molecule has 2 saturated heterocycles. The lowest BCUT2D eigenvalue weighted by molar-refractivity contribution is -0.132. The van der Waals surface area contributed by atoms with Gasteiger partial charge in [-0.05, 0) is 56.1 Å². The first-order valence-corrected chi connectivity index (χ1v) is 11.0. The van der Waals surface area contributed by atoms with E-state index in [9.17, 15) is 9.18 Å². The van der Waals surface area contributed by atoms with E-state index in [1.807, 2.05) is 11.0 Å². The van der Waals surface area contributed by atoms with Gasteiger partial charge in [0.1, 0.15) is 5.82 Å². The summed E-state index contributed by atoms with van der Waals surface area (Å²) in [6, 6.07) is 6.99. The molecule has 0 spiro atoms. The van der Waals surface area contributed by atoms with Gasteiger partial charge in [-0.15, -0.1) is 0 Å². The Hall–Kier alpha value is -1.50. The van der Waals surface area contributed by atoms with Crippen molar-refractivity contribution in [2.75, 3.05) is 45.8 Å². The topological polar surface area (TPSA) is 36.0 Å². The molecule has 1 atom stereocenters. The normalized spacial score (nSPS) is 23.0. The lowest BCUT2D eigenvalue weighted by atomic mass is 10.0. The monoisotopic (exact) mass is 405 g/mol. The van der Waals surface area contributed by atoms with Crippen molar-refractivity contribution >= 4 is 5.91 Å². The quantitative estimate of drug-likeness (QED) is 0.699. The van der Waals surface area contributed by atoms with Crippen LogP contribution in [0.5, 0.6) is 0 Å². The minimum atomic E-state index is -0.243. The zero-order chi connectivity index (χ0) is 20.8. The van der Waals surface area contributed by atoms with Crippen LogP contribution in [0.25, 0.3) is 0 Å². The lowest BCUT2D eigenvalue weighted by Crippen LogP contribution is -2.48. The Morgan fingerprint density at radius 1 is 1.21 bits per heavy atom. The molecule has 0 bridgehead atoms. The molecule has 0 aromatic heterocycles. The molecule has 3 rings (SSSR count). The molecule has 0 radical (unpaired) electrons. The number of hydrogen-bond donors (Lipinski definition) is 0. The predicted molar refractivity (Wildman–Crippen MR) is 113 cm³/mol. The van der Waals surface area contributed by atoms with E-state index >= 15 is 0 Å². The summed E-state index contributed by atoms with van der Waals surface area (Å²) >= 11 is 0. The number of likely N-dealkylation sites (tertiary alicyclic amines) is 1. The van der Waals surface area contributed by atoms with Crippen molar-refractivity contribution in [3.8, 4) is 0 Å². The Balaban J connectivity index is 1.67. The summed E-state index contributed by atoms with van der Waals surface area (Å²) in [5.74, 6) is 0.378. The van der Waals surface area contributed by atoms with Crippen molar-refractivity contribution in [1.82, 2.24) is 14.7 Å². The second-order valence-corrected chi connectivity index (χ2v) is 8.85. The minimum absolute atomic E-state index is 0.0623. The Bertz CT molecular complexity index is 661. The Kier molecular flexibility index (Phi) is 8.04. The standard InChI is InChI=1S/C23H36FN3O2/c1-4-25-10-8-21(9-11-25)26-14-22(15-27(13-18(2)3)23(28)16-26)29-17-19-6-5-7-20(24)12-19/h5-7,12,18,21-22H,4,8-11,13-17H2,1-3H3. The first-order chi connectivity index (χ1) is 13.9. The highest BCUT2D eigenvalue weighted by Gasteiger charge is 2.33. The second kappa shape index (κ2) is 10.5. The molecule has 1 unspecified atom stereocenters. The van der Waals surface area contributed by atoms with Gasteiger partial charge in [0.25, 0.3) is 0 Å². The van der Waals surface area contributed by atoms with Crippen molar-refractivity contribution in [3.05, 3.63) is 35.6 Å². The van der Waals surface area contributed by atoms with Gasteiger partial charge in [-0.2, -0.15) is 0 Å². The average Bonchev–Trinajstić information content (AvgIpc) is 2.85. The molecule has 1 amide bonds. The van der Waals surface area contributed by atoms with Crippen LogP contribution in [0.1, 0.15) is 39.2 Å². The van der Waals surface area contributed by atoms with Crippen LogP contribution in [0.3, 0.4) is 0 Å². The number of piperidine rings is 1. The predicted octanol–water partition coefficient (Wildman–Crippen LogP) is 3.00. The van der Waals surface area contributed by atoms with E-state index in [4.69, 9.17) is 4.74 Å². The van der Waals surface area contributed by atoms with Crippen LogP contribution in [-0.4, -0.2) is 78.6 Å². The van der Waals surface area contributed by atoms with Crippen molar-refractivity contribution in [1.29, 1.82) is 0 Å². The molecule has 0 N–H and O–H groups in total. The molecule has 2 heterocycles. The van der Waals surface area contributed by atoms with E-state index in [0.717, 1.165) is 51.1 Å². The van der Waals surface area contributed by atoms with E-state index in [2.05, 4.69) is 30.6 Å². The van der Waals surface area contributed by atoms with Gasteiger partial charge in [0.2, 0.25) is 5.91 Å². The summed E-state index contributed by atoms with van der Waals surface area (Å²) in [6.45, 7) is 12.7. The van der Waals surface area contributed by atoms with Gasteiger partial charge in [-0.25, -0.2) is 4.39 Å². The van der Waals surface area contributed by atoms with Gasteiger partial charge in [-0.1, -0.05) is 32.9 Å². The van der Waals surface area contributed by atoms with E-state index in [1.165, 1.54) is 12.1 Å². The highest BCUT2D eigenvalue weighted by atomic mass is 19.1. The maximum Gasteiger partial charge on any atom is 0.236 e. The molecule has 2 aliphatic rings. The largest absolute Gasteiger partial charge is 0.370 e. The van der Waals surface area contributed by atoms with Crippen LogP contribution in [0, 0.1) is 11.7 Å². The molecule has 1 aromatic carbocycles. The van der Waals surface area contributed by atoms with Gasteiger partial charge < -0.3 is 14.5 Å². The van der Waals surface area contributed by atoms with Crippen LogP contribution in [0.2, 0.25) is 0 Å². The van der Waals surface area contributed by atoms with Crippen molar-refractivity contribution in [2.45, 2.75) is 52.4 Å². The van der Waals surface area contributed by atoms with E-state index in [-0.39, 0.29) is 17.8 Å². The number of carbonyl (C=O) groups is 1. The van der Waals surface area contributed by atoms with Gasteiger partial charge in [0, 0.05) is 25.7 Å². The summed E-state index contributed by atoms with van der Waals surface area (Å²) < 4.78 is 19.7. The second-order valence-electron chi connectivity index (χ2n) is 8.85. The number of ether oxygens (including phenoxy) is 1. The maximum atomic E-state index is 13.5. The number of amides is 1. The lowest BCUT2D eigenvalue weighted by Gasteiger charge is -2.38. The molecule has 2 fully saturated rings. The number of benzene rings is 1. The Labute approximate surface area is 174 Å². The highest BCUT2D eigenvalue weighted by Crippen LogP contribution is 2.21. The molecule has 29 heavy (non-hydrogen) atoms. The smallest absolute Gasteiger partial charge is 0.236 e. The van der Waals surface area contributed by atoms with Crippen LogP contribution < -0.4 is 0 Å². The van der Waals surface area contributed by atoms with E-state index < -0.39 is 0 Å². The number of hydrogen-bond acceptors (Lipinski definition) is 4. The molecule has 0 saturated carbocycles. The fraction of sp³-hybridized carbons (Fsp3) is 0.696. The Morgan fingerprint density at radius 2 is 1.97 bits per heavy atom. The maximum absolute atomic E-state index is 13.5. The van der Waals surface area contributed by atoms with Crippen molar-refractivity contribution in [3.63, 3.8) is 0 Å². The van der Waals surface area contributed by atoms with E-state index in [1.54, 1.807) is 6.07 Å². The molecule has 2 aliphatic heterocycles. The third-order valence-corrected chi connectivity index (χ3v) is 6.03. The van der Waals surface area contributed by atoms with Crippen LogP contribution in [0.15, 0.2) is 24.3 Å². The number of nitrogens with zero attached hydrogens (tertiary/aromatic N) is 3. The van der Waals surface area contributed by atoms with Crippen molar-refractivity contribution in [2.24, 2.45) is 5.92 Å². The minimum Gasteiger partial charge on any atom is -0.370 e. The van der Waals surface area contributed by atoms with Crippen LogP contribution in [-0.2, 0) is 16.1 Å². The molecule has 5 nitrogen and oxygen atoms in total. The number of carbonyl (C=O) groups excluding carboxylic acids is 1. The molecule has 0 aliphatic carbocycles. The number of rotatable bonds is 7. The fourth-order valence-electron chi connectivity index (χ4n) is 4.45. The highest BCUT2D eigenvalue weighted by molar-refractivity contribution is 5.78. The van der Waals surface area contributed by atoms with Crippen LogP contribution in [0.4, 0.5) is 4.39 Å². The third-order valence-electron chi connectivity index (χ3n) is 6.03. The summed E-state index contributed by atoms with van der Waals surface area (Å²) in [4.78, 5) is 19.7. The first-order valence-electron chi connectivity index (χ1n) is 11.0. The average molecular weight is 406 g/mol. The SMILES string of the molecule is CCN1CCC(N2CC(=O)N(CC(C)C)CC(OCc3cccc(F)c3)C2)CC1. The number of halogens is 1. The van der Waals surface area contributed by atoms with Gasteiger partial charge >= 0.3 is 0 Å². The summed E-state index contributed by atoms with van der Waals surface area (Å²) in [7, 11) is 0. The van der Waals surface area contributed by atoms with Gasteiger partial charge in [-0.3, -0.25) is 9.69 Å². The molecule has 162 valence electrons. The van der Waals surface area contributed by atoms with Gasteiger partial charge in [0.05, 0.1) is 19.3 Å². The summed E-state index contributed by atoms with van der Waals surface area (Å²) in [6.07, 6.45) is 2.14. The zero-order valence-electron chi connectivity index (χ0n) is 18.1. The summed E-state index contributed by atoms with van der Waals surface area (Å²) in [5, 5.41) is 0. The van der Waals surface area contributed by atoms with Crippen LogP contribution >= 0.6 is 0 Å². The van der Waals surface area contributed by atoms with Gasteiger partial charge in [0.15, 0.2) is 0 Å². The molecular weight excluding hydrogens is 369 g/mol.